The molecule has 6 heterocycles. The topological polar surface area (TPSA) is 138 Å². The van der Waals surface area contributed by atoms with Gasteiger partial charge in [-0.1, -0.05) is 0 Å². The number of fused-ring (bicyclic) bond motifs is 3. The molecule has 4 aliphatic heterocycles. The molecular formula is C25H34FN9O4. The zero-order valence-electron chi connectivity index (χ0n) is 22.2. The van der Waals surface area contributed by atoms with Crippen molar-refractivity contribution in [1.29, 1.82) is 0 Å². The quantitative estimate of drug-likeness (QED) is 0.536. The zero-order chi connectivity index (χ0) is 27.4. The van der Waals surface area contributed by atoms with Crippen molar-refractivity contribution in [3.05, 3.63) is 24.7 Å². The van der Waals surface area contributed by atoms with Crippen molar-refractivity contribution in [1.82, 2.24) is 29.7 Å². The molecule has 2 aromatic rings. The first-order valence-electron chi connectivity index (χ1n) is 13.3. The van der Waals surface area contributed by atoms with E-state index in [1.165, 1.54) is 30.5 Å². The van der Waals surface area contributed by atoms with Crippen molar-refractivity contribution < 1.29 is 23.5 Å². The minimum atomic E-state index is -1.24. The maximum Gasteiger partial charge on any atom is 0.413 e. The van der Waals surface area contributed by atoms with Crippen molar-refractivity contribution in [2.45, 2.75) is 50.4 Å². The molecule has 0 radical (unpaired) electrons. The third kappa shape index (κ3) is 6.27. The molecule has 0 aliphatic carbocycles. The van der Waals surface area contributed by atoms with Crippen LogP contribution in [0.3, 0.4) is 0 Å². The zero-order valence-corrected chi connectivity index (χ0v) is 22.2. The molecule has 0 aromatic carbocycles. The number of carbonyl (C=O) groups is 2. The Balaban J connectivity index is 1.19. The lowest BCUT2D eigenvalue weighted by Crippen LogP contribution is -2.55. The molecule has 2 aromatic heterocycles. The number of aromatic nitrogens is 4. The Morgan fingerprint density at radius 2 is 1.87 bits per heavy atom. The van der Waals surface area contributed by atoms with Gasteiger partial charge in [0.05, 0.1) is 25.0 Å². The largest absolute Gasteiger partial charge is 0.477 e. The monoisotopic (exact) mass is 543 g/mol. The highest BCUT2D eigenvalue weighted by molar-refractivity contribution is 5.88. The second-order valence-corrected chi connectivity index (χ2v) is 10.1. The molecule has 0 saturated carbocycles. The number of rotatable bonds is 7. The highest BCUT2D eigenvalue weighted by Gasteiger charge is 2.42. The smallest absolute Gasteiger partial charge is 0.413 e. The van der Waals surface area contributed by atoms with E-state index >= 15 is 0 Å². The molecule has 14 heteroatoms. The number of ether oxygens (including phenoxy) is 2. The van der Waals surface area contributed by atoms with Gasteiger partial charge in [-0.05, 0) is 19.4 Å². The molecule has 4 saturated heterocycles. The number of nitrogens with one attached hydrogen (secondary N) is 2. The summed E-state index contributed by atoms with van der Waals surface area (Å²) in [5.41, 5.74) is -0.410. The summed E-state index contributed by atoms with van der Waals surface area (Å²) < 4.78 is 26.1. The number of hydrogen-bond donors (Lipinski definition) is 2. The van der Waals surface area contributed by atoms with E-state index in [9.17, 15) is 14.0 Å². The maximum absolute atomic E-state index is 15.0. The van der Waals surface area contributed by atoms with Gasteiger partial charge in [0, 0.05) is 65.2 Å². The average molecular weight is 544 g/mol. The van der Waals surface area contributed by atoms with Gasteiger partial charge in [0.2, 0.25) is 11.8 Å². The molecule has 39 heavy (non-hydrogen) atoms. The molecule has 2 atom stereocenters. The molecule has 0 unspecified atom stereocenters. The molecule has 4 aliphatic rings. The van der Waals surface area contributed by atoms with E-state index in [1.54, 1.807) is 11.0 Å². The van der Waals surface area contributed by atoms with Crippen LogP contribution in [0.2, 0.25) is 0 Å². The number of carbonyl (C=O) groups excluding carboxylic acids is 2. The molecule has 210 valence electrons. The van der Waals surface area contributed by atoms with Crippen molar-refractivity contribution >= 4 is 29.7 Å². The van der Waals surface area contributed by atoms with E-state index in [2.05, 4.69) is 35.5 Å². The van der Waals surface area contributed by atoms with E-state index in [0.717, 1.165) is 38.9 Å². The molecule has 2 bridgehead atoms. The van der Waals surface area contributed by atoms with E-state index in [-0.39, 0.29) is 18.8 Å². The van der Waals surface area contributed by atoms with Gasteiger partial charge in [0.1, 0.15) is 17.6 Å². The van der Waals surface area contributed by atoms with Crippen LogP contribution in [-0.4, -0.2) is 106 Å². The Labute approximate surface area is 226 Å². The predicted molar refractivity (Wildman–Crippen MR) is 141 cm³/mol. The second-order valence-electron chi connectivity index (χ2n) is 10.1. The van der Waals surface area contributed by atoms with Crippen molar-refractivity contribution in [3.63, 3.8) is 0 Å². The van der Waals surface area contributed by atoms with Crippen LogP contribution < -0.4 is 20.3 Å². The number of urea groups is 1. The van der Waals surface area contributed by atoms with Gasteiger partial charge in [0.25, 0.3) is 0 Å². The van der Waals surface area contributed by atoms with Gasteiger partial charge >= 0.3 is 12.1 Å². The third-order valence-electron chi connectivity index (χ3n) is 7.59. The Hall–Kier alpha value is -3.81. The van der Waals surface area contributed by atoms with Crippen LogP contribution in [-0.2, 0) is 4.74 Å². The lowest BCUT2D eigenvalue weighted by atomic mass is 9.83. The van der Waals surface area contributed by atoms with Crippen LogP contribution in [0.1, 0.15) is 32.6 Å². The highest BCUT2D eigenvalue weighted by Crippen LogP contribution is 2.35. The summed E-state index contributed by atoms with van der Waals surface area (Å²) in [7, 11) is 1.53. The van der Waals surface area contributed by atoms with E-state index < -0.39 is 29.9 Å². The van der Waals surface area contributed by atoms with Crippen LogP contribution >= 0.6 is 0 Å². The first-order chi connectivity index (χ1) is 18.8. The molecule has 3 amide bonds. The summed E-state index contributed by atoms with van der Waals surface area (Å²) in [4.78, 5) is 48.0. The summed E-state index contributed by atoms with van der Waals surface area (Å²) in [6, 6.07) is 0.314. The van der Waals surface area contributed by atoms with Crippen molar-refractivity contribution in [3.8, 4) is 5.88 Å². The predicted octanol–water partition coefficient (Wildman–Crippen LogP) is 2.53. The van der Waals surface area contributed by atoms with Gasteiger partial charge in [-0.25, -0.2) is 28.9 Å². The summed E-state index contributed by atoms with van der Waals surface area (Å²) in [6.07, 6.45) is 5.24. The SMILES string of the molecule is CCOc1cnc(NC(=O)N(C)[C@H]2CN(c3nccc(NC(=O)OC45CCN(CC4)CC5)n3)CC[C@H]2F)cn1. The van der Waals surface area contributed by atoms with Crippen molar-refractivity contribution in [2.75, 3.05) is 61.9 Å². The standard InChI is InChI=1S/C25H34FN9O4/c1-3-38-21-15-28-20(14-29-21)31-23(36)33(2)18-16-35(10-5-17(18)26)22-27-9-4-19(30-22)32-24(37)39-25-6-11-34(12-7-25)13-8-25/h4,9,14-15,17-18H,3,5-8,10-13,16H2,1-2H3,(H,28,31,36)(H,27,30,32,37)/t17-,18+/m1/s1. The van der Waals surface area contributed by atoms with E-state index in [1.807, 2.05) is 6.92 Å². The number of likely N-dealkylation sites (N-methyl/N-ethyl adjacent to an activating group) is 1. The van der Waals surface area contributed by atoms with E-state index in [4.69, 9.17) is 9.47 Å². The fourth-order valence-corrected chi connectivity index (χ4v) is 5.25. The molecule has 6 rings (SSSR count). The number of amides is 3. The number of halogens is 1. The Morgan fingerprint density at radius 3 is 2.56 bits per heavy atom. The average Bonchev–Trinajstić information content (AvgIpc) is 2.95. The minimum Gasteiger partial charge on any atom is -0.477 e. The van der Waals surface area contributed by atoms with Gasteiger partial charge in [0.15, 0.2) is 5.82 Å². The second kappa shape index (κ2) is 11.5. The number of piperidine rings is 4. The first kappa shape index (κ1) is 26.8. The normalized spacial score (nSPS) is 26.0. The minimum absolute atomic E-state index is 0.174. The van der Waals surface area contributed by atoms with Crippen LogP contribution in [0.5, 0.6) is 5.88 Å². The summed E-state index contributed by atoms with van der Waals surface area (Å²) in [6.45, 7) is 5.65. The lowest BCUT2D eigenvalue weighted by molar-refractivity contribution is -0.0742. The van der Waals surface area contributed by atoms with Crippen molar-refractivity contribution in [2.24, 2.45) is 0 Å². The van der Waals surface area contributed by atoms with Crippen LogP contribution in [0.25, 0.3) is 0 Å². The summed E-state index contributed by atoms with van der Waals surface area (Å²) in [5.74, 6) is 1.21. The fourth-order valence-electron chi connectivity index (χ4n) is 5.25. The summed E-state index contributed by atoms with van der Waals surface area (Å²) >= 11 is 0. The summed E-state index contributed by atoms with van der Waals surface area (Å²) in [5, 5.41) is 5.36. The van der Waals surface area contributed by atoms with Gasteiger partial charge < -0.3 is 24.2 Å². The molecule has 13 nitrogen and oxygen atoms in total. The van der Waals surface area contributed by atoms with Crippen LogP contribution in [0.15, 0.2) is 24.7 Å². The number of alkyl halides is 1. The molecule has 0 spiro atoms. The van der Waals surface area contributed by atoms with Gasteiger partial charge in [-0.3, -0.25) is 10.6 Å². The molecule has 2 N–H and O–H groups in total. The molecular weight excluding hydrogens is 509 g/mol. The Morgan fingerprint density at radius 1 is 1.10 bits per heavy atom. The first-order valence-corrected chi connectivity index (χ1v) is 13.3. The van der Waals surface area contributed by atoms with Gasteiger partial charge in [-0.15, -0.1) is 0 Å². The molecule has 4 fully saturated rings. The number of anilines is 3. The van der Waals surface area contributed by atoms with Crippen LogP contribution in [0, 0.1) is 0 Å². The highest BCUT2D eigenvalue weighted by atomic mass is 19.1. The maximum atomic E-state index is 15.0. The van der Waals surface area contributed by atoms with Gasteiger partial charge in [-0.2, -0.15) is 4.98 Å². The Kier molecular flexibility index (Phi) is 7.91. The van der Waals surface area contributed by atoms with E-state index in [0.29, 0.717) is 30.8 Å². The lowest BCUT2D eigenvalue weighted by Gasteiger charge is -2.47. The number of nitrogens with zero attached hydrogens (tertiary/aromatic N) is 7. The third-order valence-corrected chi connectivity index (χ3v) is 7.59. The Bertz CT molecular complexity index is 1150. The number of hydrogen-bond acceptors (Lipinski definition) is 10. The fraction of sp³-hybridized carbons (Fsp3) is 0.600. The van der Waals surface area contributed by atoms with Crippen LogP contribution in [0.4, 0.5) is 31.6 Å².